The number of carbonyl (C=O) groups excluding carboxylic acids is 3. The molecule has 2 atom stereocenters. The van der Waals surface area contributed by atoms with Gasteiger partial charge in [0.05, 0.1) is 19.6 Å². The van der Waals surface area contributed by atoms with Crippen LogP contribution >= 0.6 is 0 Å². The third-order valence-electron chi connectivity index (χ3n) is 5.77. The van der Waals surface area contributed by atoms with Crippen molar-refractivity contribution < 1.29 is 28.7 Å². The minimum atomic E-state index is -0.921. The molecule has 1 fully saturated rings. The van der Waals surface area contributed by atoms with Gasteiger partial charge >= 0.3 is 6.01 Å². The number of likely N-dealkylation sites (N-methyl/N-ethyl adjacent to an activating group) is 1. The molecule has 0 bridgehead atoms. The maximum absolute atomic E-state index is 15.1. The molecule has 13 heteroatoms. The zero-order valence-corrected chi connectivity index (χ0v) is 20.0. The smallest absolute Gasteiger partial charge is 0.320 e. The van der Waals surface area contributed by atoms with E-state index in [0.717, 1.165) is 25.7 Å². The van der Waals surface area contributed by atoms with E-state index in [9.17, 15) is 19.6 Å². The Labute approximate surface area is 198 Å². The molecule has 12 nitrogen and oxygen atoms in total. The quantitative estimate of drug-likeness (QED) is 0.185. The molecule has 0 radical (unpaired) electrons. The number of anilines is 2. The van der Waals surface area contributed by atoms with Gasteiger partial charge < -0.3 is 15.0 Å². The number of carbonyl (C=O) groups is 3. The molecule has 0 saturated heterocycles. The lowest BCUT2D eigenvalue weighted by molar-refractivity contribution is -0.154. The summed E-state index contributed by atoms with van der Waals surface area (Å²) in [5.41, 5.74) is 4.84. The van der Waals surface area contributed by atoms with Crippen LogP contribution in [-0.4, -0.2) is 77.2 Å². The summed E-state index contributed by atoms with van der Waals surface area (Å²) in [7, 11) is 4.48. The van der Waals surface area contributed by atoms with E-state index in [-0.39, 0.29) is 36.5 Å². The summed E-state index contributed by atoms with van der Waals surface area (Å²) in [6.07, 6.45) is 5.18. The van der Waals surface area contributed by atoms with Crippen LogP contribution in [0.25, 0.3) is 0 Å². The Morgan fingerprint density at radius 2 is 1.91 bits per heavy atom. The Balaban J connectivity index is 2.17. The summed E-state index contributed by atoms with van der Waals surface area (Å²) in [6, 6.07) is -0.918. The highest BCUT2D eigenvalue weighted by atomic mass is 19.1. The first-order valence-corrected chi connectivity index (χ1v) is 11.3. The van der Waals surface area contributed by atoms with Crippen molar-refractivity contribution in [3.8, 4) is 6.01 Å². The molecule has 0 aromatic carbocycles. The third kappa shape index (κ3) is 7.40. The molecular weight excluding hydrogens is 449 g/mol. The summed E-state index contributed by atoms with van der Waals surface area (Å²) in [5, 5.41) is 12.8. The van der Waals surface area contributed by atoms with Crippen molar-refractivity contribution in [3.05, 3.63) is 5.82 Å². The van der Waals surface area contributed by atoms with Gasteiger partial charge in [0, 0.05) is 14.1 Å². The van der Waals surface area contributed by atoms with Gasteiger partial charge in [0.1, 0.15) is 6.04 Å². The molecule has 0 spiro atoms. The first kappa shape index (κ1) is 27.0. The first-order chi connectivity index (χ1) is 16.2. The normalized spacial score (nSPS) is 15.2. The second-order valence-electron chi connectivity index (χ2n) is 8.48. The number of hydrogen-bond acceptors (Lipinski definition) is 9. The number of rotatable bonds is 13. The van der Waals surface area contributed by atoms with Crippen molar-refractivity contribution in [1.29, 1.82) is 0 Å². The Morgan fingerprint density at radius 3 is 2.47 bits per heavy atom. The second kappa shape index (κ2) is 12.9. The highest BCUT2D eigenvalue weighted by Gasteiger charge is 2.28. The predicted octanol–water partition coefficient (Wildman–Crippen LogP) is 1.39. The molecule has 0 unspecified atom stereocenters. The highest BCUT2D eigenvalue weighted by Crippen LogP contribution is 2.31. The van der Waals surface area contributed by atoms with Crippen LogP contribution in [0.2, 0.25) is 0 Å². The van der Waals surface area contributed by atoms with Crippen molar-refractivity contribution in [2.24, 2.45) is 11.8 Å². The standard InChI is InChI=1S/C21H34FN7O5/c1-5-15(20(32)28(2)3)23-17-16(22)18(25-21(24-17)34-4)26-27-19(31)14(11-29(33)12-30)10-13-8-6-7-9-13/h12-15,33H,5-11H2,1-4H3,(H,27,31)(H2,23,24,25,26)/t14-,15+/m1/s1. The minimum Gasteiger partial charge on any atom is -0.467 e. The van der Waals surface area contributed by atoms with Gasteiger partial charge in [-0.2, -0.15) is 14.4 Å². The molecule has 1 heterocycles. The van der Waals surface area contributed by atoms with Crippen LogP contribution in [0, 0.1) is 17.7 Å². The number of aromatic nitrogens is 2. The molecular formula is C21H34FN7O5. The summed E-state index contributed by atoms with van der Waals surface area (Å²) < 4.78 is 20.1. The van der Waals surface area contributed by atoms with Crippen LogP contribution in [0.1, 0.15) is 45.4 Å². The Bertz CT molecular complexity index is 851. The van der Waals surface area contributed by atoms with E-state index in [1.807, 2.05) is 0 Å². The SMILES string of the molecule is CC[C@H](Nc1nc(OC)nc(NNC(=O)[C@H](CC2CCCC2)CN(O)C=O)c1F)C(=O)N(C)C. The number of amides is 3. The molecule has 1 aliphatic rings. The Hall–Kier alpha value is -3.22. The molecule has 0 aliphatic heterocycles. The molecule has 4 N–H and O–H groups in total. The summed E-state index contributed by atoms with van der Waals surface area (Å²) in [5.74, 6) is -2.76. The third-order valence-corrected chi connectivity index (χ3v) is 5.77. The van der Waals surface area contributed by atoms with Gasteiger partial charge in [-0.25, -0.2) is 5.06 Å². The zero-order chi connectivity index (χ0) is 25.3. The van der Waals surface area contributed by atoms with Crippen molar-refractivity contribution in [2.75, 3.05) is 38.5 Å². The van der Waals surface area contributed by atoms with Gasteiger partial charge in [-0.05, 0) is 18.8 Å². The van der Waals surface area contributed by atoms with Gasteiger partial charge in [0.25, 0.3) is 0 Å². The summed E-state index contributed by atoms with van der Waals surface area (Å²) >= 11 is 0. The number of nitrogens with zero attached hydrogens (tertiary/aromatic N) is 4. The fourth-order valence-corrected chi connectivity index (χ4v) is 3.92. The van der Waals surface area contributed by atoms with Crippen molar-refractivity contribution in [3.63, 3.8) is 0 Å². The van der Waals surface area contributed by atoms with Crippen molar-refractivity contribution in [2.45, 2.75) is 51.5 Å². The maximum Gasteiger partial charge on any atom is 0.320 e. The van der Waals surface area contributed by atoms with Crippen molar-refractivity contribution >= 4 is 29.9 Å². The van der Waals surface area contributed by atoms with Crippen LogP contribution in [0.5, 0.6) is 6.01 Å². The van der Waals surface area contributed by atoms with E-state index < -0.39 is 23.7 Å². The molecule has 3 amide bonds. The topological polar surface area (TPSA) is 149 Å². The van der Waals surface area contributed by atoms with Gasteiger partial charge in [-0.3, -0.25) is 30.4 Å². The second-order valence-corrected chi connectivity index (χ2v) is 8.48. The first-order valence-electron chi connectivity index (χ1n) is 11.3. The number of hydrazine groups is 1. The van der Waals surface area contributed by atoms with Crippen LogP contribution in [-0.2, 0) is 14.4 Å². The number of halogens is 1. The average molecular weight is 484 g/mol. The maximum atomic E-state index is 15.1. The molecule has 2 rings (SSSR count). The van der Waals surface area contributed by atoms with E-state index in [2.05, 4.69) is 26.1 Å². The summed E-state index contributed by atoms with van der Waals surface area (Å²) in [6.45, 7) is 1.57. The van der Waals surface area contributed by atoms with Gasteiger partial charge in [0.15, 0.2) is 11.6 Å². The lowest BCUT2D eigenvalue weighted by Crippen LogP contribution is -2.41. The van der Waals surface area contributed by atoms with E-state index in [1.165, 1.54) is 12.0 Å². The average Bonchev–Trinajstić information content (AvgIpc) is 3.34. The van der Waals surface area contributed by atoms with Crippen LogP contribution in [0.3, 0.4) is 0 Å². The van der Waals surface area contributed by atoms with Gasteiger partial charge in [0.2, 0.25) is 24.0 Å². The lowest BCUT2D eigenvalue weighted by Gasteiger charge is -2.23. The number of hydroxylamine groups is 2. The molecule has 34 heavy (non-hydrogen) atoms. The van der Waals surface area contributed by atoms with E-state index in [4.69, 9.17) is 4.74 Å². The largest absolute Gasteiger partial charge is 0.467 e. The Morgan fingerprint density at radius 1 is 1.26 bits per heavy atom. The zero-order valence-electron chi connectivity index (χ0n) is 20.0. The van der Waals surface area contributed by atoms with E-state index in [0.29, 0.717) is 23.8 Å². The van der Waals surface area contributed by atoms with E-state index >= 15 is 4.39 Å². The summed E-state index contributed by atoms with van der Waals surface area (Å²) in [4.78, 5) is 45.2. The molecule has 1 saturated carbocycles. The van der Waals surface area contributed by atoms with Gasteiger partial charge in [-0.15, -0.1) is 0 Å². The van der Waals surface area contributed by atoms with Crippen LogP contribution in [0.4, 0.5) is 16.0 Å². The number of methoxy groups -OCH3 is 1. The minimum absolute atomic E-state index is 0.183. The number of nitrogens with one attached hydrogen (secondary N) is 3. The van der Waals surface area contributed by atoms with Crippen LogP contribution in [0.15, 0.2) is 0 Å². The fraction of sp³-hybridized carbons (Fsp3) is 0.667. The number of ether oxygens (including phenoxy) is 1. The van der Waals surface area contributed by atoms with Crippen molar-refractivity contribution in [1.82, 2.24) is 25.4 Å². The molecule has 190 valence electrons. The monoisotopic (exact) mass is 483 g/mol. The number of hydrogen-bond donors (Lipinski definition) is 4. The molecule has 1 aromatic heterocycles. The van der Waals surface area contributed by atoms with Crippen LogP contribution < -0.4 is 20.9 Å². The fourth-order valence-electron chi connectivity index (χ4n) is 3.92. The van der Waals surface area contributed by atoms with Gasteiger partial charge in [-0.1, -0.05) is 32.6 Å². The van der Waals surface area contributed by atoms with E-state index in [1.54, 1.807) is 21.0 Å². The molecule has 1 aromatic rings. The highest BCUT2D eigenvalue weighted by molar-refractivity contribution is 5.84. The predicted molar refractivity (Wildman–Crippen MR) is 121 cm³/mol. The Kier molecular flexibility index (Phi) is 10.2. The lowest BCUT2D eigenvalue weighted by atomic mass is 9.92. The molecule has 1 aliphatic carbocycles.